The monoisotopic (exact) mass is 287 g/mol. The molecule has 5 nitrogen and oxygen atoms in total. The SMILES string of the molecule is CC1=C2C=CC(=O)C(C)=C2N(CC2CC(C(=O)O)C2)C1=O. The van der Waals surface area contributed by atoms with Crippen molar-refractivity contribution in [2.45, 2.75) is 26.7 Å². The van der Waals surface area contributed by atoms with E-state index in [-0.39, 0.29) is 23.5 Å². The average molecular weight is 287 g/mol. The molecule has 0 saturated heterocycles. The lowest BCUT2D eigenvalue weighted by atomic mass is 9.74. The highest BCUT2D eigenvalue weighted by Gasteiger charge is 2.41. The fourth-order valence-electron chi connectivity index (χ4n) is 3.27. The van der Waals surface area contributed by atoms with Crippen LogP contribution in [0, 0.1) is 11.8 Å². The van der Waals surface area contributed by atoms with E-state index in [1.807, 2.05) is 0 Å². The molecule has 0 aromatic heterocycles. The van der Waals surface area contributed by atoms with Crippen LogP contribution in [0.1, 0.15) is 26.7 Å². The van der Waals surface area contributed by atoms with Gasteiger partial charge in [0.1, 0.15) is 0 Å². The van der Waals surface area contributed by atoms with Crippen molar-refractivity contribution in [3.05, 3.63) is 34.6 Å². The van der Waals surface area contributed by atoms with E-state index in [9.17, 15) is 14.4 Å². The summed E-state index contributed by atoms with van der Waals surface area (Å²) in [6.07, 6.45) is 4.41. The summed E-state index contributed by atoms with van der Waals surface area (Å²) in [6, 6.07) is 0. The summed E-state index contributed by atoms with van der Waals surface area (Å²) in [7, 11) is 0. The van der Waals surface area contributed by atoms with Crippen LogP contribution in [0.2, 0.25) is 0 Å². The second-order valence-electron chi connectivity index (χ2n) is 6.00. The van der Waals surface area contributed by atoms with Gasteiger partial charge in [0, 0.05) is 23.3 Å². The van der Waals surface area contributed by atoms with E-state index in [1.165, 1.54) is 6.08 Å². The number of rotatable bonds is 3. The number of aliphatic carboxylic acids is 1. The molecule has 5 heteroatoms. The minimum Gasteiger partial charge on any atom is -0.481 e. The Bertz CT molecular complexity index is 647. The molecule has 110 valence electrons. The highest BCUT2D eigenvalue weighted by Crippen LogP contribution is 2.40. The average Bonchev–Trinajstić information content (AvgIpc) is 2.62. The predicted octanol–water partition coefficient (Wildman–Crippen LogP) is 1.67. The first-order valence-electron chi connectivity index (χ1n) is 7.09. The van der Waals surface area contributed by atoms with E-state index >= 15 is 0 Å². The normalized spacial score (nSPS) is 28.2. The molecular formula is C16H17NO4. The van der Waals surface area contributed by atoms with Crippen molar-refractivity contribution in [2.24, 2.45) is 11.8 Å². The van der Waals surface area contributed by atoms with Crippen molar-refractivity contribution in [1.29, 1.82) is 0 Å². The molecule has 1 heterocycles. The first-order valence-corrected chi connectivity index (χ1v) is 7.09. The molecule has 0 unspecified atom stereocenters. The molecule has 3 rings (SSSR count). The van der Waals surface area contributed by atoms with E-state index < -0.39 is 5.97 Å². The van der Waals surface area contributed by atoms with E-state index in [2.05, 4.69) is 0 Å². The van der Waals surface area contributed by atoms with Gasteiger partial charge in [0.05, 0.1) is 11.6 Å². The van der Waals surface area contributed by atoms with Crippen molar-refractivity contribution in [3.8, 4) is 0 Å². The van der Waals surface area contributed by atoms with E-state index in [0.29, 0.717) is 36.2 Å². The van der Waals surface area contributed by atoms with E-state index in [0.717, 1.165) is 5.57 Å². The zero-order valence-corrected chi connectivity index (χ0v) is 12.0. The van der Waals surface area contributed by atoms with Crippen LogP contribution in [0.5, 0.6) is 0 Å². The third-order valence-electron chi connectivity index (χ3n) is 4.65. The minimum atomic E-state index is -0.764. The second-order valence-corrected chi connectivity index (χ2v) is 6.00. The van der Waals surface area contributed by atoms with Crippen molar-refractivity contribution < 1.29 is 19.5 Å². The van der Waals surface area contributed by atoms with E-state index in [1.54, 1.807) is 24.8 Å². The minimum absolute atomic E-state index is 0.0710. The number of carbonyl (C=O) groups is 3. The number of carboxylic acids is 1. The van der Waals surface area contributed by atoms with Crippen molar-refractivity contribution >= 4 is 17.7 Å². The first kappa shape index (κ1) is 13.8. The molecule has 1 fully saturated rings. The Morgan fingerprint density at radius 1 is 1.24 bits per heavy atom. The molecule has 1 N–H and O–H groups in total. The number of allylic oxidation sites excluding steroid dienone is 3. The fraction of sp³-hybridized carbons (Fsp3) is 0.438. The maximum atomic E-state index is 12.4. The van der Waals surface area contributed by atoms with E-state index in [4.69, 9.17) is 5.11 Å². The smallest absolute Gasteiger partial charge is 0.306 e. The van der Waals surface area contributed by atoms with Gasteiger partial charge in [0.15, 0.2) is 5.78 Å². The molecule has 0 radical (unpaired) electrons. The van der Waals surface area contributed by atoms with Gasteiger partial charge in [-0.1, -0.05) is 0 Å². The predicted molar refractivity (Wildman–Crippen MR) is 75.1 cm³/mol. The number of nitrogens with zero attached hydrogens (tertiary/aromatic N) is 1. The fourth-order valence-corrected chi connectivity index (χ4v) is 3.27. The molecule has 3 aliphatic rings. The summed E-state index contributed by atoms with van der Waals surface area (Å²) in [5.74, 6) is -0.997. The maximum absolute atomic E-state index is 12.4. The van der Waals surface area contributed by atoms with Gasteiger partial charge in [-0.05, 0) is 44.8 Å². The number of hydrogen-bond donors (Lipinski definition) is 1. The van der Waals surface area contributed by atoms with Gasteiger partial charge < -0.3 is 10.0 Å². The van der Waals surface area contributed by atoms with Gasteiger partial charge in [-0.3, -0.25) is 14.4 Å². The van der Waals surface area contributed by atoms with Crippen molar-refractivity contribution in [2.75, 3.05) is 6.54 Å². The largest absolute Gasteiger partial charge is 0.481 e. The van der Waals surface area contributed by atoms with Gasteiger partial charge in [-0.25, -0.2) is 0 Å². The van der Waals surface area contributed by atoms with Crippen molar-refractivity contribution in [1.82, 2.24) is 4.90 Å². The summed E-state index contributed by atoms with van der Waals surface area (Å²) in [5.41, 5.74) is 2.78. The molecule has 0 aromatic carbocycles. The number of carboxylic acid groups (broad SMARTS) is 1. The standard InChI is InChI=1S/C16H17NO4/c1-8-12-3-4-13(18)9(2)14(12)17(15(8)19)7-10-5-11(6-10)16(20)21/h3-4,10-11H,5-7H2,1-2H3,(H,20,21). The summed E-state index contributed by atoms with van der Waals surface area (Å²) >= 11 is 0. The Morgan fingerprint density at radius 2 is 1.90 bits per heavy atom. The molecule has 0 atom stereocenters. The van der Waals surface area contributed by atoms with Crippen LogP contribution in [0.4, 0.5) is 0 Å². The highest BCUT2D eigenvalue weighted by atomic mass is 16.4. The molecule has 0 aromatic rings. The Hall–Kier alpha value is -2.17. The maximum Gasteiger partial charge on any atom is 0.306 e. The molecule has 0 spiro atoms. The summed E-state index contributed by atoms with van der Waals surface area (Å²) in [6.45, 7) is 4.00. The first-order chi connectivity index (χ1) is 9.90. The lowest BCUT2D eigenvalue weighted by Crippen LogP contribution is -2.40. The van der Waals surface area contributed by atoms with Crippen LogP contribution in [0.15, 0.2) is 34.6 Å². The number of fused-ring (bicyclic) bond motifs is 1. The Labute approximate surface area is 122 Å². The zero-order valence-electron chi connectivity index (χ0n) is 12.0. The summed E-state index contributed by atoms with van der Waals surface area (Å²) in [5, 5.41) is 8.92. The third kappa shape index (κ3) is 2.04. The lowest BCUT2D eigenvalue weighted by Gasteiger charge is -2.36. The molecule has 2 aliphatic carbocycles. The highest BCUT2D eigenvalue weighted by molar-refractivity contribution is 6.11. The van der Waals surface area contributed by atoms with Gasteiger partial charge in [-0.15, -0.1) is 0 Å². The van der Waals surface area contributed by atoms with Gasteiger partial charge in [0.25, 0.3) is 5.91 Å². The van der Waals surface area contributed by atoms with Crippen LogP contribution in [0.3, 0.4) is 0 Å². The topological polar surface area (TPSA) is 74.7 Å². The second kappa shape index (κ2) is 4.69. The van der Waals surface area contributed by atoms with Crippen molar-refractivity contribution in [3.63, 3.8) is 0 Å². The molecule has 1 amide bonds. The number of ketones is 1. The summed E-state index contributed by atoms with van der Waals surface area (Å²) in [4.78, 5) is 36.7. The molecular weight excluding hydrogens is 270 g/mol. The van der Waals surface area contributed by atoms with Gasteiger partial charge in [0.2, 0.25) is 0 Å². The molecule has 21 heavy (non-hydrogen) atoms. The Kier molecular flexibility index (Phi) is 3.08. The molecule has 1 saturated carbocycles. The molecule has 1 aliphatic heterocycles. The van der Waals surface area contributed by atoms with Gasteiger partial charge >= 0.3 is 5.97 Å². The van der Waals surface area contributed by atoms with Crippen LogP contribution in [-0.2, 0) is 14.4 Å². The van der Waals surface area contributed by atoms with Crippen LogP contribution < -0.4 is 0 Å². The number of hydrogen-bond acceptors (Lipinski definition) is 3. The molecule has 0 bridgehead atoms. The zero-order chi connectivity index (χ0) is 15.3. The number of amides is 1. The van der Waals surface area contributed by atoms with Crippen LogP contribution in [0.25, 0.3) is 0 Å². The quantitative estimate of drug-likeness (QED) is 0.856. The van der Waals surface area contributed by atoms with Crippen LogP contribution in [-0.4, -0.2) is 34.2 Å². The van der Waals surface area contributed by atoms with Gasteiger partial charge in [-0.2, -0.15) is 0 Å². The van der Waals surface area contributed by atoms with Crippen LogP contribution >= 0.6 is 0 Å². The Morgan fingerprint density at radius 3 is 2.52 bits per heavy atom. The summed E-state index contributed by atoms with van der Waals surface area (Å²) < 4.78 is 0. The Balaban J connectivity index is 1.81. The number of carbonyl (C=O) groups excluding carboxylic acids is 2. The third-order valence-corrected chi connectivity index (χ3v) is 4.65. The lowest BCUT2D eigenvalue weighted by molar-refractivity contribution is -0.146.